The summed E-state index contributed by atoms with van der Waals surface area (Å²) in [6.45, 7) is 10.1. The van der Waals surface area contributed by atoms with Crippen molar-refractivity contribution in [2.75, 3.05) is 26.3 Å². The Hall–Kier alpha value is -2.41. The lowest BCUT2D eigenvalue weighted by atomic mass is 9.74. The number of hydrogen-bond acceptors (Lipinski definition) is 4. The Labute approximate surface area is 171 Å². The van der Waals surface area contributed by atoms with Crippen molar-refractivity contribution >= 4 is 11.8 Å². The Morgan fingerprint density at radius 3 is 2.72 bits per heavy atom. The van der Waals surface area contributed by atoms with E-state index >= 15 is 0 Å². The van der Waals surface area contributed by atoms with Crippen molar-refractivity contribution in [2.45, 2.75) is 50.1 Å². The van der Waals surface area contributed by atoms with E-state index in [1.54, 1.807) is 12.3 Å². The van der Waals surface area contributed by atoms with Crippen molar-refractivity contribution in [1.82, 2.24) is 19.8 Å². The first-order valence-electron chi connectivity index (χ1n) is 10.5. The van der Waals surface area contributed by atoms with Gasteiger partial charge in [-0.05, 0) is 25.7 Å². The molecule has 29 heavy (non-hydrogen) atoms. The van der Waals surface area contributed by atoms with Gasteiger partial charge in [0.2, 0.25) is 11.8 Å². The van der Waals surface area contributed by atoms with Gasteiger partial charge in [0.1, 0.15) is 5.82 Å². The first kappa shape index (κ1) is 19.9. The lowest BCUT2D eigenvalue weighted by Crippen LogP contribution is -2.65. The molecule has 1 aromatic heterocycles. The molecule has 2 saturated heterocycles. The van der Waals surface area contributed by atoms with Crippen LogP contribution in [0.1, 0.15) is 50.4 Å². The highest BCUT2D eigenvalue weighted by molar-refractivity contribution is 5.84. The van der Waals surface area contributed by atoms with Crippen LogP contribution in [0.3, 0.4) is 0 Å². The van der Waals surface area contributed by atoms with Crippen LogP contribution in [0.15, 0.2) is 37.7 Å². The molecule has 4 rings (SSSR count). The predicted octanol–water partition coefficient (Wildman–Crippen LogP) is 2.32. The van der Waals surface area contributed by atoms with Gasteiger partial charge in [0.25, 0.3) is 0 Å². The van der Waals surface area contributed by atoms with Crippen LogP contribution in [0.2, 0.25) is 0 Å². The molecular weight excluding hydrogens is 368 g/mol. The van der Waals surface area contributed by atoms with Crippen LogP contribution in [0.4, 0.5) is 0 Å². The molecule has 0 aromatic carbocycles. The highest BCUT2D eigenvalue weighted by Gasteiger charge is 2.56. The summed E-state index contributed by atoms with van der Waals surface area (Å²) in [6.07, 6.45) is 11.4. The summed E-state index contributed by atoms with van der Waals surface area (Å²) in [6, 6.07) is -0.107. The summed E-state index contributed by atoms with van der Waals surface area (Å²) in [5.41, 5.74) is -0.547. The van der Waals surface area contributed by atoms with Crippen molar-refractivity contribution in [3.05, 3.63) is 43.5 Å². The number of carbonyl (C=O) groups excluding carboxylic acids is 2. The minimum atomic E-state index is -0.379. The zero-order chi connectivity index (χ0) is 20.5. The fourth-order valence-corrected chi connectivity index (χ4v) is 5.13. The average molecular weight is 399 g/mol. The third-order valence-electron chi connectivity index (χ3n) is 6.68. The van der Waals surface area contributed by atoms with Crippen molar-refractivity contribution in [2.24, 2.45) is 5.41 Å². The van der Waals surface area contributed by atoms with Crippen LogP contribution in [-0.2, 0) is 19.9 Å². The molecule has 7 nitrogen and oxygen atoms in total. The third-order valence-corrected chi connectivity index (χ3v) is 6.68. The van der Waals surface area contributed by atoms with E-state index in [0.717, 1.165) is 25.1 Å². The number of nitrogens with zero attached hydrogens (tertiary/aromatic N) is 3. The van der Waals surface area contributed by atoms with Crippen molar-refractivity contribution in [3.63, 3.8) is 0 Å². The summed E-state index contributed by atoms with van der Waals surface area (Å²) in [4.78, 5) is 32.1. The fraction of sp³-hybridized carbons (Fsp3) is 0.591. The topological polar surface area (TPSA) is 76.5 Å². The molecule has 3 aliphatic heterocycles. The number of nitrogens with one attached hydrogen (secondary N) is 1. The molecule has 0 aliphatic carbocycles. The molecule has 1 unspecified atom stereocenters. The Kier molecular flexibility index (Phi) is 5.34. The standard InChI is InChI=1S/C22H30N4O3/c1-3-5-6-18(27)24-17-14-22(26-11-10-23-19(17)26)15-25(16-22)20(28)21(7-4-2)8-12-29-13-9-21/h3-4,10-11,17H,1-2,5-9,12-16H2,(H,24,27). The molecule has 1 atom stereocenters. The molecule has 7 heteroatoms. The van der Waals surface area contributed by atoms with Gasteiger partial charge in [-0.3, -0.25) is 9.59 Å². The Morgan fingerprint density at radius 2 is 2.03 bits per heavy atom. The highest BCUT2D eigenvalue weighted by Crippen LogP contribution is 2.47. The Morgan fingerprint density at radius 1 is 1.28 bits per heavy atom. The number of fused-ring (bicyclic) bond motifs is 2. The number of likely N-dealkylation sites (tertiary alicyclic amines) is 1. The lowest BCUT2D eigenvalue weighted by molar-refractivity contribution is -0.159. The number of rotatable bonds is 7. The summed E-state index contributed by atoms with van der Waals surface area (Å²) < 4.78 is 7.66. The van der Waals surface area contributed by atoms with Gasteiger partial charge in [-0.25, -0.2) is 4.98 Å². The summed E-state index contributed by atoms with van der Waals surface area (Å²) in [5.74, 6) is 1.11. The molecule has 4 heterocycles. The molecule has 0 bridgehead atoms. The summed E-state index contributed by atoms with van der Waals surface area (Å²) >= 11 is 0. The normalized spacial score (nSPS) is 23.9. The van der Waals surface area contributed by atoms with E-state index < -0.39 is 0 Å². The van der Waals surface area contributed by atoms with E-state index in [4.69, 9.17) is 4.74 Å². The van der Waals surface area contributed by atoms with Gasteiger partial charge >= 0.3 is 0 Å². The lowest BCUT2D eigenvalue weighted by Gasteiger charge is -2.52. The van der Waals surface area contributed by atoms with E-state index in [9.17, 15) is 9.59 Å². The van der Waals surface area contributed by atoms with Gasteiger partial charge in [0.05, 0.1) is 17.0 Å². The van der Waals surface area contributed by atoms with E-state index in [1.165, 1.54) is 0 Å². The zero-order valence-electron chi connectivity index (χ0n) is 16.9. The monoisotopic (exact) mass is 398 g/mol. The van der Waals surface area contributed by atoms with Crippen molar-refractivity contribution < 1.29 is 14.3 Å². The van der Waals surface area contributed by atoms with E-state index in [2.05, 4.69) is 28.0 Å². The zero-order valence-corrected chi connectivity index (χ0v) is 16.9. The average Bonchev–Trinajstić information content (AvgIpc) is 3.28. The second kappa shape index (κ2) is 7.78. The van der Waals surface area contributed by atoms with Crippen LogP contribution in [-0.4, -0.2) is 52.6 Å². The maximum atomic E-state index is 13.4. The van der Waals surface area contributed by atoms with E-state index in [0.29, 0.717) is 45.6 Å². The van der Waals surface area contributed by atoms with Crippen LogP contribution in [0.25, 0.3) is 0 Å². The first-order valence-corrected chi connectivity index (χ1v) is 10.5. The van der Waals surface area contributed by atoms with Gasteiger partial charge in [0.15, 0.2) is 0 Å². The SMILES string of the molecule is C=CCCC(=O)NC1CC2(CN(C(=O)C3(CC=C)CCOCC3)C2)n2ccnc21. The van der Waals surface area contributed by atoms with Gasteiger partial charge in [-0.2, -0.15) is 0 Å². The molecular formula is C22H30N4O3. The Bertz CT molecular complexity index is 803. The van der Waals surface area contributed by atoms with Gasteiger partial charge in [-0.1, -0.05) is 12.2 Å². The highest BCUT2D eigenvalue weighted by atomic mass is 16.5. The second-order valence-corrected chi connectivity index (χ2v) is 8.58. The fourth-order valence-electron chi connectivity index (χ4n) is 5.13. The maximum Gasteiger partial charge on any atom is 0.229 e. The van der Waals surface area contributed by atoms with Crippen molar-refractivity contribution in [3.8, 4) is 0 Å². The van der Waals surface area contributed by atoms with Gasteiger partial charge in [-0.15, -0.1) is 13.2 Å². The van der Waals surface area contributed by atoms with Crippen LogP contribution in [0, 0.1) is 5.41 Å². The van der Waals surface area contributed by atoms with Crippen molar-refractivity contribution in [1.29, 1.82) is 0 Å². The molecule has 156 valence electrons. The Balaban J connectivity index is 1.45. The molecule has 1 N–H and O–H groups in total. The smallest absolute Gasteiger partial charge is 0.229 e. The molecule has 2 amide bonds. The number of ether oxygens (including phenoxy) is 1. The van der Waals surface area contributed by atoms with E-state index in [-0.39, 0.29) is 28.8 Å². The predicted molar refractivity (Wildman–Crippen MR) is 109 cm³/mol. The number of aromatic nitrogens is 2. The second-order valence-electron chi connectivity index (χ2n) is 8.58. The molecule has 0 saturated carbocycles. The summed E-state index contributed by atoms with van der Waals surface area (Å²) in [5, 5.41) is 3.11. The van der Waals surface area contributed by atoms with Crippen LogP contribution in [0.5, 0.6) is 0 Å². The molecule has 1 spiro atoms. The molecule has 2 fully saturated rings. The molecule has 1 aromatic rings. The number of hydrogen-bond donors (Lipinski definition) is 1. The van der Waals surface area contributed by atoms with Gasteiger partial charge < -0.3 is 19.5 Å². The minimum Gasteiger partial charge on any atom is -0.381 e. The number of imidazole rings is 1. The van der Waals surface area contributed by atoms with Gasteiger partial charge in [0, 0.05) is 51.5 Å². The molecule has 3 aliphatic rings. The number of allylic oxidation sites excluding steroid dienone is 2. The number of amides is 2. The summed E-state index contributed by atoms with van der Waals surface area (Å²) in [7, 11) is 0. The third kappa shape index (κ3) is 3.41. The maximum absolute atomic E-state index is 13.4. The van der Waals surface area contributed by atoms with Crippen LogP contribution >= 0.6 is 0 Å². The quantitative estimate of drug-likeness (QED) is 0.715. The van der Waals surface area contributed by atoms with Crippen LogP contribution < -0.4 is 5.32 Å². The molecule has 0 radical (unpaired) electrons. The first-order chi connectivity index (χ1) is 14.0. The minimum absolute atomic E-state index is 0.0147. The largest absolute Gasteiger partial charge is 0.381 e. The van der Waals surface area contributed by atoms with E-state index in [1.807, 2.05) is 17.2 Å². The number of carbonyl (C=O) groups is 2.